The number of pyridine rings is 1. The summed E-state index contributed by atoms with van der Waals surface area (Å²) in [7, 11) is 1.59. The molecule has 110 valence electrons. The Balaban J connectivity index is 2.23. The van der Waals surface area contributed by atoms with E-state index in [1.165, 1.54) is 23.0 Å². The second kappa shape index (κ2) is 5.57. The molecular weight excluding hydrogens is 278 g/mol. The zero-order chi connectivity index (χ0) is 15.6. The second-order valence-corrected chi connectivity index (χ2v) is 4.36. The minimum Gasteiger partial charge on any atom is -0.478 e. The Hall–Kier alpha value is -2.97. The SMILES string of the molecule is Cc1nn(C)c(NCc2cc(C(=O)O)ccn2)c1[N+](=O)[O-]. The van der Waals surface area contributed by atoms with Crippen molar-refractivity contribution in [2.24, 2.45) is 7.05 Å². The van der Waals surface area contributed by atoms with E-state index in [9.17, 15) is 14.9 Å². The topological polar surface area (TPSA) is 123 Å². The average molecular weight is 291 g/mol. The van der Waals surface area contributed by atoms with Crippen LogP contribution in [-0.4, -0.2) is 30.8 Å². The maximum absolute atomic E-state index is 11.0. The molecule has 0 amide bonds. The van der Waals surface area contributed by atoms with Gasteiger partial charge in [0, 0.05) is 13.2 Å². The quantitative estimate of drug-likeness (QED) is 0.629. The fraction of sp³-hybridized carbons (Fsp3) is 0.250. The van der Waals surface area contributed by atoms with Crippen molar-refractivity contribution in [2.75, 3.05) is 5.32 Å². The fourth-order valence-electron chi connectivity index (χ4n) is 1.95. The predicted molar refractivity (Wildman–Crippen MR) is 73.1 cm³/mol. The molecule has 0 aliphatic heterocycles. The highest BCUT2D eigenvalue weighted by Crippen LogP contribution is 2.27. The van der Waals surface area contributed by atoms with E-state index in [0.717, 1.165) is 0 Å². The van der Waals surface area contributed by atoms with Crippen molar-refractivity contribution in [1.29, 1.82) is 0 Å². The molecule has 2 N–H and O–H groups in total. The Bertz CT molecular complexity index is 710. The van der Waals surface area contributed by atoms with E-state index in [1.807, 2.05) is 0 Å². The lowest BCUT2D eigenvalue weighted by molar-refractivity contribution is -0.384. The highest BCUT2D eigenvalue weighted by atomic mass is 16.6. The lowest BCUT2D eigenvalue weighted by Crippen LogP contribution is -2.08. The molecule has 0 aromatic carbocycles. The van der Waals surface area contributed by atoms with Gasteiger partial charge in [-0.2, -0.15) is 5.10 Å². The number of nitro groups is 1. The Morgan fingerprint density at radius 3 is 2.90 bits per heavy atom. The summed E-state index contributed by atoms with van der Waals surface area (Å²) >= 11 is 0. The van der Waals surface area contributed by atoms with Gasteiger partial charge in [0.15, 0.2) is 0 Å². The number of hydrogen-bond donors (Lipinski definition) is 2. The van der Waals surface area contributed by atoms with Crippen LogP contribution < -0.4 is 5.32 Å². The standard InChI is InChI=1S/C12H13N5O4/c1-7-10(17(20)21)11(16(2)15-7)14-6-9-5-8(12(18)19)3-4-13-9/h3-5,14H,6H2,1-2H3,(H,18,19). The minimum atomic E-state index is -1.05. The van der Waals surface area contributed by atoms with Gasteiger partial charge in [-0.3, -0.25) is 15.1 Å². The van der Waals surface area contributed by atoms with Gasteiger partial charge in [0.25, 0.3) is 0 Å². The maximum atomic E-state index is 11.0. The van der Waals surface area contributed by atoms with Crippen molar-refractivity contribution in [3.05, 3.63) is 45.4 Å². The number of nitrogens with one attached hydrogen (secondary N) is 1. The molecule has 0 bridgehead atoms. The van der Waals surface area contributed by atoms with E-state index >= 15 is 0 Å². The lowest BCUT2D eigenvalue weighted by atomic mass is 10.2. The van der Waals surface area contributed by atoms with E-state index in [-0.39, 0.29) is 23.6 Å². The molecular formula is C12H13N5O4. The molecule has 0 spiro atoms. The van der Waals surface area contributed by atoms with Crippen LogP contribution in [-0.2, 0) is 13.6 Å². The van der Waals surface area contributed by atoms with E-state index < -0.39 is 10.9 Å². The monoisotopic (exact) mass is 291 g/mol. The van der Waals surface area contributed by atoms with Crippen LogP contribution in [0.15, 0.2) is 18.3 Å². The molecule has 0 aliphatic carbocycles. The Morgan fingerprint density at radius 2 is 2.29 bits per heavy atom. The summed E-state index contributed by atoms with van der Waals surface area (Å²) in [5, 5.41) is 26.8. The summed E-state index contributed by atoms with van der Waals surface area (Å²) < 4.78 is 1.37. The van der Waals surface area contributed by atoms with Crippen molar-refractivity contribution < 1.29 is 14.8 Å². The first-order chi connectivity index (χ1) is 9.90. The first kappa shape index (κ1) is 14.4. The van der Waals surface area contributed by atoms with Crippen molar-refractivity contribution in [3.63, 3.8) is 0 Å². The molecule has 2 aromatic heterocycles. The van der Waals surface area contributed by atoms with Gasteiger partial charge in [0.1, 0.15) is 5.69 Å². The molecule has 0 saturated heterocycles. The number of aryl methyl sites for hydroxylation is 2. The number of carbonyl (C=O) groups is 1. The van der Waals surface area contributed by atoms with Crippen molar-refractivity contribution >= 4 is 17.5 Å². The van der Waals surface area contributed by atoms with Gasteiger partial charge in [-0.15, -0.1) is 0 Å². The van der Waals surface area contributed by atoms with Crippen molar-refractivity contribution in [2.45, 2.75) is 13.5 Å². The van der Waals surface area contributed by atoms with Crippen LogP contribution in [0.3, 0.4) is 0 Å². The molecule has 2 heterocycles. The second-order valence-electron chi connectivity index (χ2n) is 4.36. The first-order valence-electron chi connectivity index (χ1n) is 6.00. The normalized spacial score (nSPS) is 10.4. The van der Waals surface area contributed by atoms with Crippen LogP contribution in [0.25, 0.3) is 0 Å². The van der Waals surface area contributed by atoms with Crippen LogP contribution in [0.1, 0.15) is 21.7 Å². The number of rotatable bonds is 5. The number of carboxylic acid groups (broad SMARTS) is 1. The largest absolute Gasteiger partial charge is 0.478 e. The summed E-state index contributed by atoms with van der Waals surface area (Å²) in [6.45, 7) is 1.70. The van der Waals surface area contributed by atoms with Crippen LogP contribution in [0.5, 0.6) is 0 Å². The minimum absolute atomic E-state index is 0.105. The van der Waals surface area contributed by atoms with E-state index in [4.69, 9.17) is 5.11 Å². The van der Waals surface area contributed by atoms with E-state index in [1.54, 1.807) is 14.0 Å². The van der Waals surface area contributed by atoms with Crippen molar-refractivity contribution in [1.82, 2.24) is 14.8 Å². The molecule has 2 rings (SSSR count). The maximum Gasteiger partial charge on any atom is 0.335 e. The summed E-state index contributed by atoms with van der Waals surface area (Å²) in [6.07, 6.45) is 1.38. The van der Waals surface area contributed by atoms with Gasteiger partial charge in [-0.25, -0.2) is 9.48 Å². The Morgan fingerprint density at radius 1 is 1.57 bits per heavy atom. The highest BCUT2D eigenvalue weighted by Gasteiger charge is 2.23. The zero-order valence-corrected chi connectivity index (χ0v) is 11.4. The van der Waals surface area contributed by atoms with Gasteiger partial charge in [0.2, 0.25) is 5.82 Å². The lowest BCUT2D eigenvalue weighted by Gasteiger charge is -2.06. The smallest absolute Gasteiger partial charge is 0.335 e. The molecule has 0 unspecified atom stereocenters. The summed E-state index contributed by atoms with van der Waals surface area (Å²) in [5.41, 5.74) is 0.768. The summed E-state index contributed by atoms with van der Waals surface area (Å²) in [6, 6.07) is 2.78. The molecule has 0 atom stereocenters. The number of carboxylic acids is 1. The number of hydrogen-bond acceptors (Lipinski definition) is 6. The van der Waals surface area contributed by atoms with E-state index in [0.29, 0.717) is 11.4 Å². The number of aromatic nitrogens is 3. The third-order valence-corrected chi connectivity index (χ3v) is 2.87. The van der Waals surface area contributed by atoms with Gasteiger partial charge < -0.3 is 10.4 Å². The van der Waals surface area contributed by atoms with Gasteiger partial charge in [-0.05, 0) is 19.1 Å². The zero-order valence-electron chi connectivity index (χ0n) is 11.4. The highest BCUT2D eigenvalue weighted by molar-refractivity contribution is 5.87. The van der Waals surface area contributed by atoms with Crippen LogP contribution in [0.2, 0.25) is 0 Å². The molecule has 0 aliphatic rings. The molecule has 9 nitrogen and oxygen atoms in total. The molecule has 2 aromatic rings. The van der Waals surface area contributed by atoms with Gasteiger partial charge in [-0.1, -0.05) is 0 Å². The van der Waals surface area contributed by atoms with Gasteiger partial charge >= 0.3 is 11.7 Å². The third kappa shape index (κ3) is 2.96. The molecule has 0 saturated carbocycles. The van der Waals surface area contributed by atoms with Crippen LogP contribution in [0.4, 0.5) is 11.5 Å². The van der Waals surface area contributed by atoms with Crippen LogP contribution in [0, 0.1) is 17.0 Å². The molecule has 0 fully saturated rings. The Labute approximate surface area is 119 Å². The van der Waals surface area contributed by atoms with Gasteiger partial charge in [0.05, 0.1) is 22.7 Å². The molecule has 0 radical (unpaired) electrons. The summed E-state index contributed by atoms with van der Waals surface area (Å²) in [5.74, 6) is -0.805. The third-order valence-electron chi connectivity index (χ3n) is 2.87. The van der Waals surface area contributed by atoms with E-state index in [2.05, 4.69) is 15.4 Å². The van der Waals surface area contributed by atoms with Crippen molar-refractivity contribution in [3.8, 4) is 0 Å². The molecule has 9 heteroatoms. The summed E-state index contributed by atoms with van der Waals surface area (Å²) in [4.78, 5) is 25.4. The molecule has 21 heavy (non-hydrogen) atoms. The predicted octanol–water partition coefficient (Wildman–Crippen LogP) is 1.34. The average Bonchev–Trinajstić information content (AvgIpc) is 2.71. The first-order valence-corrected chi connectivity index (χ1v) is 6.00. The van der Waals surface area contributed by atoms with Crippen LogP contribution >= 0.6 is 0 Å². The number of aromatic carboxylic acids is 1. The number of anilines is 1. The number of nitrogens with zero attached hydrogens (tertiary/aromatic N) is 4. The Kier molecular flexibility index (Phi) is 3.83. The fourth-order valence-corrected chi connectivity index (χ4v) is 1.95.